The van der Waals surface area contributed by atoms with Crippen molar-refractivity contribution in [1.29, 1.82) is 0 Å². The van der Waals surface area contributed by atoms with Gasteiger partial charge in [-0.3, -0.25) is 4.79 Å². The molecule has 0 spiro atoms. The maximum atomic E-state index is 12.0. The van der Waals surface area contributed by atoms with E-state index in [0.717, 1.165) is 18.4 Å². The first-order chi connectivity index (χ1) is 9.63. The molecule has 1 aliphatic carbocycles. The van der Waals surface area contributed by atoms with E-state index in [1.807, 2.05) is 6.92 Å². The second-order valence-corrected chi connectivity index (χ2v) is 5.52. The van der Waals surface area contributed by atoms with Crippen LogP contribution in [0, 0.1) is 0 Å². The Bertz CT molecular complexity index is 556. The third kappa shape index (κ3) is 2.48. The first kappa shape index (κ1) is 13.0. The van der Waals surface area contributed by atoms with Crippen LogP contribution >= 0.6 is 0 Å². The molecular formula is C15H19N3O2. The summed E-state index contributed by atoms with van der Waals surface area (Å²) < 4.78 is 0. The summed E-state index contributed by atoms with van der Waals surface area (Å²) in [5.41, 5.74) is 3.95. The SMILES string of the molecule is C[C@@H](NC(=O)[C@H]1CNC(=O)N1)c1ccc2c(c1)CCC2. The van der Waals surface area contributed by atoms with Crippen LogP contribution in [0.3, 0.4) is 0 Å². The number of urea groups is 1. The number of amides is 3. The van der Waals surface area contributed by atoms with E-state index in [1.165, 1.54) is 17.5 Å². The Kier molecular flexibility index (Phi) is 3.34. The summed E-state index contributed by atoms with van der Waals surface area (Å²) >= 11 is 0. The molecule has 3 amide bonds. The van der Waals surface area contributed by atoms with Crippen molar-refractivity contribution in [3.63, 3.8) is 0 Å². The summed E-state index contributed by atoms with van der Waals surface area (Å²) in [6.07, 6.45) is 3.52. The molecule has 3 rings (SSSR count). The molecule has 0 unspecified atom stereocenters. The van der Waals surface area contributed by atoms with Gasteiger partial charge in [0.25, 0.3) is 0 Å². The van der Waals surface area contributed by atoms with Crippen molar-refractivity contribution in [2.45, 2.75) is 38.3 Å². The lowest BCUT2D eigenvalue weighted by Gasteiger charge is -2.18. The molecule has 20 heavy (non-hydrogen) atoms. The fourth-order valence-corrected chi connectivity index (χ4v) is 2.87. The summed E-state index contributed by atoms with van der Waals surface area (Å²) in [5.74, 6) is -0.142. The molecule has 0 aromatic heterocycles. The molecule has 0 saturated carbocycles. The lowest BCUT2D eigenvalue weighted by molar-refractivity contribution is -0.123. The highest BCUT2D eigenvalue weighted by atomic mass is 16.2. The van der Waals surface area contributed by atoms with E-state index >= 15 is 0 Å². The lowest BCUT2D eigenvalue weighted by Crippen LogP contribution is -2.43. The second-order valence-electron chi connectivity index (χ2n) is 5.52. The predicted molar refractivity (Wildman–Crippen MR) is 75.3 cm³/mol. The summed E-state index contributed by atoms with van der Waals surface area (Å²) in [6, 6.07) is 5.64. The Morgan fingerprint density at radius 1 is 1.35 bits per heavy atom. The van der Waals surface area contributed by atoms with Gasteiger partial charge in [-0.2, -0.15) is 0 Å². The monoisotopic (exact) mass is 273 g/mol. The Morgan fingerprint density at radius 3 is 2.90 bits per heavy atom. The highest BCUT2D eigenvalue weighted by Gasteiger charge is 2.27. The zero-order valence-corrected chi connectivity index (χ0v) is 11.5. The van der Waals surface area contributed by atoms with Crippen molar-refractivity contribution >= 4 is 11.9 Å². The van der Waals surface area contributed by atoms with E-state index in [9.17, 15) is 9.59 Å². The molecule has 0 radical (unpaired) electrons. The van der Waals surface area contributed by atoms with Crippen molar-refractivity contribution in [2.24, 2.45) is 0 Å². The number of carbonyl (C=O) groups excluding carboxylic acids is 2. The minimum Gasteiger partial charge on any atom is -0.348 e. The zero-order valence-electron chi connectivity index (χ0n) is 11.5. The summed E-state index contributed by atoms with van der Waals surface area (Å²) in [6.45, 7) is 2.32. The van der Waals surface area contributed by atoms with Crippen LogP contribution in [0.5, 0.6) is 0 Å². The van der Waals surface area contributed by atoms with E-state index < -0.39 is 6.04 Å². The highest BCUT2D eigenvalue weighted by molar-refractivity contribution is 5.90. The van der Waals surface area contributed by atoms with Crippen LogP contribution in [0.2, 0.25) is 0 Å². The topological polar surface area (TPSA) is 70.2 Å². The van der Waals surface area contributed by atoms with E-state index in [-0.39, 0.29) is 18.0 Å². The molecule has 5 nitrogen and oxygen atoms in total. The summed E-state index contributed by atoms with van der Waals surface area (Å²) in [4.78, 5) is 23.1. The largest absolute Gasteiger partial charge is 0.348 e. The fourth-order valence-electron chi connectivity index (χ4n) is 2.87. The molecule has 1 aliphatic heterocycles. The third-order valence-corrected chi connectivity index (χ3v) is 4.07. The second kappa shape index (κ2) is 5.15. The zero-order chi connectivity index (χ0) is 14.1. The normalized spacial score (nSPS) is 21.9. The Morgan fingerprint density at radius 2 is 2.15 bits per heavy atom. The highest BCUT2D eigenvalue weighted by Crippen LogP contribution is 2.25. The van der Waals surface area contributed by atoms with Gasteiger partial charge in [0, 0.05) is 6.54 Å². The van der Waals surface area contributed by atoms with Crippen LogP contribution in [0.4, 0.5) is 4.79 Å². The molecule has 1 fully saturated rings. The van der Waals surface area contributed by atoms with Crippen LogP contribution in [-0.2, 0) is 17.6 Å². The fraction of sp³-hybridized carbons (Fsp3) is 0.467. The van der Waals surface area contributed by atoms with Crippen molar-refractivity contribution in [2.75, 3.05) is 6.54 Å². The molecule has 2 aliphatic rings. The molecule has 1 heterocycles. The molecule has 5 heteroatoms. The van der Waals surface area contributed by atoms with Gasteiger partial charge in [0.1, 0.15) is 6.04 Å². The molecule has 2 atom stereocenters. The summed E-state index contributed by atoms with van der Waals surface area (Å²) in [5, 5.41) is 8.13. The minimum absolute atomic E-state index is 0.0501. The number of rotatable bonds is 3. The average molecular weight is 273 g/mol. The van der Waals surface area contributed by atoms with Crippen LogP contribution in [-0.4, -0.2) is 24.5 Å². The van der Waals surface area contributed by atoms with E-state index in [0.29, 0.717) is 6.54 Å². The van der Waals surface area contributed by atoms with Gasteiger partial charge in [0.2, 0.25) is 5.91 Å². The number of fused-ring (bicyclic) bond motifs is 1. The third-order valence-electron chi connectivity index (χ3n) is 4.07. The quantitative estimate of drug-likeness (QED) is 0.770. The van der Waals surface area contributed by atoms with Gasteiger partial charge in [0.15, 0.2) is 0 Å². The van der Waals surface area contributed by atoms with Crippen LogP contribution in [0.1, 0.15) is 36.1 Å². The Balaban J connectivity index is 1.65. The lowest BCUT2D eigenvalue weighted by atomic mass is 10.0. The van der Waals surface area contributed by atoms with Crippen molar-refractivity contribution in [1.82, 2.24) is 16.0 Å². The first-order valence-corrected chi connectivity index (χ1v) is 7.10. The molecule has 1 saturated heterocycles. The number of benzene rings is 1. The number of aryl methyl sites for hydroxylation is 2. The number of hydrogen-bond acceptors (Lipinski definition) is 2. The summed E-state index contributed by atoms with van der Waals surface area (Å²) in [7, 11) is 0. The smallest absolute Gasteiger partial charge is 0.315 e. The van der Waals surface area contributed by atoms with Gasteiger partial charge in [-0.05, 0) is 42.9 Å². The van der Waals surface area contributed by atoms with Gasteiger partial charge >= 0.3 is 6.03 Å². The van der Waals surface area contributed by atoms with Gasteiger partial charge < -0.3 is 16.0 Å². The molecule has 0 bridgehead atoms. The van der Waals surface area contributed by atoms with Gasteiger partial charge in [-0.25, -0.2) is 4.79 Å². The van der Waals surface area contributed by atoms with Gasteiger partial charge in [-0.15, -0.1) is 0 Å². The number of hydrogen-bond donors (Lipinski definition) is 3. The van der Waals surface area contributed by atoms with E-state index in [2.05, 4.69) is 34.1 Å². The van der Waals surface area contributed by atoms with Gasteiger partial charge in [0.05, 0.1) is 6.04 Å². The maximum Gasteiger partial charge on any atom is 0.315 e. The van der Waals surface area contributed by atoms with Crippen molar-refractivity contribution in [3.05, 3.63) is 34.9 Å². The molecule has 1 aromatic rings. The Labute approximate surface area is 118 Å². The van der Waals surface area contributed by atoms with E-state index in [4.69, 9.17) is 0 Å². The van der Waals surface area contributed by atoms with Crippen LogP contribution in [0.25, 0.3) is 0 Å². The first-order valence-electron chi connectivity index (χ1n) is 7.10. The van der Waals surface area contributed by atoms with Crippen LogP contribution in [0.15, 0.2) is 18.2 Å². The molecule has 3 N–H and O–H groups in total. The number of nitrogens with one attached hydrogen (secondary N) is 3. The number of carbonyl (C=O) groups is 2. The molecular weight excluding hydrogens is 254 g/mol. The predicted octanol–water partition coefficient (Wildman–Crippen LogP) is 1.03. The average Bonchev–Trinajstić information content (AvgIpc) is 3.05. The van der Waals surface area contributed by atoms with Gasteiger partial charge in [-0.1, -0.05) is 18.2 Å². The van der Waals surface area contributed by atoms with Crippen molar-refractivity contribution in [3.8, 4) is 0 Å². The van der Waals surface area contributed by atoms with Crippen LogP contribution < -0.4 is 16.0 Å². The maximum absolute atomic E-state index is 12.0. The Hall–Kier alpha value is -2.04. The van der Waals surface area contributed by atoms with E-state index in [1.54, 1.807) is 0 Å². The standard InChI is InChI=1S/C15H19N3O2/c1-9(17-14(19)13-8-16-15(20)18-13)11-6-5-10-3-2-4-12(10)7-11/h5-7,9,13H,2-4,8H2,1H3,(H,17,19)(H2,16,18,20)/t9-,13-/m1/s1. The minimum atomic E-state index is -0.473. The molecule has 106 valence electrons. The van der Waals surface area contributed by atoms with Crippen molar-refractivity contribution < 1.29 is 9.59 Å². The molecule has 1 aromatic carbocycles.